The minimum Gasteiger partial charge on any atom is -0.279 e. The van der Waals surface area contributed by atoms with Crippen molar-refractivity contribution in [2.24, 2.45) is 15.9 Å². The maximum Gasteiger partial charge on any atom is 0.0784 e. The Hall–Kier alpha value is -5.77. The van der Waals surface area contributed by atoms with Crippen molar-refractivity contribution in [3.05, 3.63) is 209 Å². The summed E-state index contributed by atoms with van der Waals surface area (Å²) in [6, 6.07) is 44.6. The smallest absolute Gasteiger partial charge is 0.0784 e. The van der Waals surface area contributed by atoms with Gasteiger partial charge in [0.2, 0.25) is 0 Å². The number of thioether (sulfide) groups is 1. The largest absolute Gasteiger partial charge is 0.279 e. The zero-order valence-electron chi connectivity index (χ0n) is 30.9. The molecule has 0 bridgehead atoms. The van der Waals surface area contributed by atoms with Crippen molar-refractivity contribution < 1.29 is 0 Å². The molecule has 0 fully saturated rings. The summed E-state index contributed by atoms with van der Waals surface area (Å²) in [4.78, 5) is 11.4. The molecule has 2 aliphatic carbocycles. The molecule has 0 saturated carbocycles. The molecule has 0 spiro atoms. The van der Waals surface area contributed by atoms with Gasteiger partial charge < -0.3 is 0 Å². The SMILES string of the molecule is C=Nc1ccccc1SC(=C)C(=NCc1cc(C2=C(C)\C=C/C=C/CC3C=Cc4ccccc4\C3=C\2)cc(-c2ccccc2)c1)c1ccccc1.CC. The van der Waals surface area contributed by atoms with Crippen molar-refractivity contribution in [3.8, 4) is 11.1 Å². The molecule has 5 aromatic carbocycles. The number of para-hydroxylation sites is 1. The van der Waals surface area contributed by atoms with E-state index in [0.717, 1.165) is 38.7 Å². The molecule has 0 heterocycles. The Labute approximate surface area is 320 Å². The molecule has 0 N–H and O–H groups in total. The Morgan fingerprint density at radius 2 is 1.45 bits per heavy atom. The highest BCUT2D eigenvalue weighted by molar-refractivity contribution is 8.04. The Morgan fingerprint density at radius 1 is 0.755 bits per heavy atom. The lowest BCUT2D eigenvalue weighted by Gasteiger charge is -2.24. The van der Waals surface area contributed by atoms with E-state index in [-0.39, 0.29) is 0 Å². The molecular weight excluding hydrogens is 661 g/mol. The number of nitrogens with zero attached hydrogens (tertiary/aromatic N) is 2. The number of benzene rings is 5. The van der Waals surface area contributed by atoms with E-state index < -0.39 is 0 Å². The highest BCUT2D eigenvalue weighted by atomic mass is 32.2. The van der Waals surface area contributed by atoms with Gasteiger partial charge in [-0.3, -0.25) is 9.98 Å². The molecule has 0 amide bonds. The van der Waals surface area contributed by atoms with Gasteiger partial charge in [-0.1, -0.05) is 166 Å². The summed E-state index contributed by atoms with van der Waals surface area (Å²) >= 11 is 1.58. The van der Waals surface area contributed by atoms with Gasteiger partial charge in [-0.05, 0) is 107 Å². The summed E-state index contributed by atoms with van der Waals surface area (Å²) in [7, 11) is 0. The number of hydrogen-bond donors (Lipinski definition) is 0. The number of hydrogen-bond acceptors (Lipinski definition) is 3. The predicted octanol–water partition coefficient (Wildman–Crippen LogP) is 14.0. The molecule has 0 aliphatic heterocycles. The van der Waals surface area contributed by atoms with Gasteiger partial charge in [0.15, 0.2) is 0 Å². The molecule has 1 atom stereocenters. The lowest BCUT2D eigenvalue weighted by atomic mass is 9.80. The first kappa shape index (κ1) is 37.0. The van der Waals surface area contributed by atoms with Crippen LogP contribution in [0.25, 0.3) is 28.3 Å². The molecule has 1 unspecified atom stereocenters. The topological polar surface area (TPSA) is 24.7 Å². The summed E-state index contributed by atoms with van der Waals surface area (Å²) in [5, 5.41) is 0. The minimum absolute atomic E-state index is 0.296. The molecule has 3 heteroatoms. The van der Waals surface area contributed by atoms with Crippen LogP contribution in [0.15, 0.2) is 196 Å². The Balaban J connectivity index is 0.00000236. The van der Waals surface area contributed by atoms with E-state index in [2.05, 4.69) is 159 Å². The third-order valence-electron chi connectivity index (χ3n) is 9.30. The van der Waals surface area contributed by atoms with Gasteiger partial charge in [0, 0.05) is 21.3 Å². The normalized spacial score (nSPS) is 18.6. The van der Waals surface area contributed by atoms with Crippen molar-refractivity contribution in [2.75, 3.05) is 0 Å². The average Bonchev–Trinajstić information content (AvgIpc) is 3.21. The van der Waals surface area contributed by atoms with Crippen LogP contribution in [0.1, 0.15) is 55.0 Å². The summed E-state index contributed by atoms with van der Waals surface area (Å²) < 4.78 is 0. The van der Waals surface area contributed by atoms with Crippen LogP contribution in [-0.4, -0.2) is 12.4 Å². The van der Waals surface area contributed by atoms with Crippen molar-refractivity contribution in [1.82, 2.24) is 0 Å². The van der Waals surface area contributed by atoms with Gasteiger partial charge in [-0.2, -0.15) is 0 Å². The first-order valence-electron chi connectivity index (χ1n) is 18.3. The Morgan fingerprint density at radius 3 is 2.25 bits per heavy atom. The minimum atomic E-state index is 0.296. The van der Waals surface area contributed by atoms with Crippen LogP contribution < -0.4 is 0 Å². The molecule has 53 heavy (non-hydrogen) atoms. The van der Waals surface area contributed by atoms with Gasteiger partial charge in [-0.25, -0.2) is 0 Å². The zero-order chi connectivity index (χ0) is 37.0. The first-order valence-corrected chi connectivity index (χ1v) is 19.1. The van der Waals surface area contributed by atoms with E-state index >= 15 is 0 Å². The second kappa shape index (κ2) is 18.1. The lowest BCUT2D eigenvalue weighted by molar-refractivity contribution is 0.851. The van der Waals surface area contributed by atoms with Crippen LogP contribution in [0.5, 0.6) is 0 Å². The molecule has 2 nitrogen and oxygen atoms in total. The predicted molar refractivity (Wildman–Crippen MR) is 233 cm³/mol. The zero-order valence-corrected chi connectivity index (χ0v) is 31.7. The van der Waals surface area contributed by atoms with Crippen LogP contribution in [-0.2, 0) is 6.54 Å². The lowest BCUT2D eigenvalue weighted by Crippen LogP contribution is -2.07. The molecule has 0 radical (unpaired) electrons. The fourth-order valence-electron chi connectivity index (χ4n) is 6.69. The van der Waals surface area contributed by atoms with Gasteiger partial charge in [0.05, 0.1) is 17.9 Å². The molecule has 262 valence electrons. The van der Waals surface area contributed by atoms with Crippen LogP contribution in [0.2, 0.25) is 0 Å². The number of rotatable bonds is 9. The summed E-state index contributed by atoms with van der Waals surface area (Å²) in [5.41, 5.74) is 13.7. The van der Waals surface area contributed by atoms with Crippen molar-refractivity contribution in [3.63, 3.8) is 0 Å². The van der Waals surface area contributed by atoms with E-state index in [1.54, 1.807) is 11.8 Å². The van der Waals surface area contributed by atoms with Gasteiger partial charge in [0.1, 0.15) is 0 Å². The third-order valence-corrected chi connectivity index (χ3v) is 10.3. The third kappa shape index (κ3) is 9.00. The van der Waals surface area contributed by atoms with Crippen molar-refractivity contribution in [1.29, 1.82) is 0 Å². The summed E-state index contributed by atoms with van der Waals surface area (Å²) in [6.45, 7) is 15.0. The molecule has 0 aromatic heterocycles. The number of allylic oxidation sites excluding steroid dienone is 10. The molecule has 5 aromatic rings. The Bertz CT molecular complexity index is 2270. The van der Waals surface area contributed by atoms with Crippen molar-refractivity contribution >= 4 is 47.1 Å². The van der Waals surface area contributed by atoms with Crippen LogP contribution >= 0.6 is 11.8 Å². The fourth-order valence-corrected chi connectivity index (χ4v) is 7.62. The highest BCUT2D eigenvalue weighted by Crippen LogP contribution is 2.40. The second-order valence-electron chi connectivity index (χ2n) is 12.7. The van der Waals surface area contributed by atoms with E-state index in [0.29, 0.717) is 12.5 Å². The van der Waals surface area contributed by atoms with Gasteiger partial charge in [0.25, 0.3) is 0 Å². The van der Waals surface area contributed by atoms with Crippen LogP contribution in [0, 0.1) is 5.92 Å². The molecular formula is C50H46N2S. The summed E-state index contributed by atoms with van der Waals surface area (Å²) in [6.07, 6.45) is 16.9. The first-order chi connectivity index (χ1) is 26.1. The maximum atomic E-state index is 5.30. The highest BCUT2D eigenvalue weighted by Gasteiger charge is 2.21. The molecule has 7 rings (SSSR count). The van der Waals surface area contributed by atoms with Gasteiger partial charge in [-0.15, -0.1) is 0 Å². The van der Waals surface area contributed by atoms with E-state index in [9.17, 15) is 0 Å². The summed E-state index contributed by atoms with van der Waals surface area (Å²) in [5.74, 6) is 0.296. The van der Waals surface area contributed by atoms with E-state index in [4.69, 9.17) is 4.99 Å². The average molecular weight is 707 g/mol. The van der Waals surface area contributed by atoms with E-state index in [1.807, 2.05) is 50.2 Å². The van der Waals surface area contributed by atoms with Gasteiger partial charge >= 0.3 is 0 Å². The second-order valence-corrected chi connectivity index (χ2v) is 13.9. The molecule has 2 aliphatic rings. The quantitative estimate of drug-likeness (QED) is 0.111. The standard InChI is InChI=1S/C48H40N2S.C2H6/c1-34-17-7-4-10-20-39-28-27-38-21-13-14-24-43(38)45(39)32-44(34)42-30-36(29-41(31-42)37-18-8-5-9-19-37)33-50-48(40-22-11-6-12-23-40)35(2)51-47-26-16-15-25-46(47)49-3;1-2/h4-19,21-32,39H,2-3,20,33H2,1H3;1-2H3/b10-4+,17-7-,44-34-,45-32+,50-48?;. The van der Waals surface area contributed by atoms with E-state index in [1.165, 1.54) is 44.5 Å². The molecule has 0 saturated heterocycles. The number of aliphatic imine (C=N–C) groups is 2. The van der Waals surface area contributed by atoms with Crippen LogP contribution in [0.4, 0.5) is 5.69 Å². The Kier molecular flexibility index (Phi) is 12.7. The fraction of sp³-hybridized carbons (Fsp3) is 0.120. The maximum absolute atomic E-state index is 5.30. The van der Waals surface area contributed by atoms with Crippen LogP contribution in [0.3, 0.4) is 0 Å². The van der Waals surface area contributed by atoms with Crippen molar-refractivity contribution in [2.45, 2.75) is 38.6 Å². The monoisotopic (exact) mass is 706 g/mol. The number of fused-ring (bicyclic) bond motifs is 3.